The first-order valence-corrected chi connectivity index (χ1v) is 7.61. The highest BCUT2D eigenvalue weighted by molar-refractivity contribution is 7.99. The minimum absolute atomic E-state index is 0.184. The predicted molar refractivity (Wildman–Crippen MR) is 84.3 cm³/mol. The highest BCUT2D eigenvalue weighted by Gasteiger charge is 2.16. The molecule has 1 aromatic heterocycles. The topological polar surface area (TPSA) is 56.7 Å². The van der Waals surface area contributed by atoms with E-state index in [0.29, 0.717) is 0 Å². The molecule has 0 aliphatic carbocycles. The standard InChI is InChI=1S/C15H22N4S/c1-10(20-14-18-17-11(2)19(14)16)12-6-8-13(9-7-12)15(3,4)5/h6-10H,16H2,1-5H3/t10-/m1/s1. The highest BCUT2D eigenvalue weighted by atomic mass is 32.2. The summed E-state index contributed by atoms with van der Waals surface area (Å²) < 4.78 is 1.53. The van der Waals surface area contributed by atoms with E-state index in [1.54, 1.807) is 11.8 Å². The van der Waals surface area contributed by atoms with E-state index in [-0.39, 0.29) is 10.7 Å². The minimum atomic E-state index is 0.184. The Hall–Kier alpha value is -1.49. The molecule has 0 aliphatic heterocycles. The molecule has 0 saturated heterocycles. The molecule has 0 fully saturated rings. The lowest BCUT2D eigenvalue weighted by Gasteiger charge is -2.20. The van der Waals surface area contributed by atoms with Gasteiger partial charge in [0.1, 0.15) is 5.82 Å². The number of aryl methyl sites for hydroxylation is 1. The van der Waals surface area contributed by atoms with Crippen LogP contribution >= 0.6 is 11.8 Å². The first-order valence-electron chi connectivity index (χ1n) is 6.73. The number of nitrogens with two attached hydrogens (primary N) is 1. The van der Waals surface area contributed by atoms with Gasteiger partial charge in [-0.2, -0.15) is 0 Å². The Balaban J connectivity index is 2.13. The van der Waals surface area contributed by atoms with E-state index < -0.39 is 0 Å². The third-order valence-corrected chi connectivity index (χ3v) is 4.48. The summed E-state index contributed by atoms with van der Waals surface area (Å²) in [5, 5.41) is 9.10. The third-order valence-electron chi connectivity index (χ3n) is 3.36. The Labute approximate surface area is 124 Å². The van der Waals surface area contributed by atoms with E-state index in [4.69, 9.17) is 5.84 Å². The average Bonchev–Trinajstić information content (AvgIpc) is 2.70. The molecular formula is C15H22N4S. The van der Waals surface area contributed by atoms with Crippen LogP contribution in [0.3, 0.4) is 0 Å². The smallest absolute Gasteiger partial charge is 0.210 e. The second-order valence-electron chi connectivity index (χ2n) is 6.03. The normalized spacial score (nSPS) is 13.4. The molecule has 20 heavy (non-hydrogen) atoms. The van der Waals surface area contributed by atoms with Gasteiger partial charge in [-0.1, -0.05) is 56.8 Å². The minimum Gasteiger partial charge on any atom is -0.336 e. The molecule has 2 N–H and O–H groups in total. The molecule has 1 aromatic carbocycles. The maximum atomic E-state index is 5.88. The summed E-state index contributed by atoms with van der Waals surface area (Å²) in [6, 6.07) is 8.76. The van der Waals surface area contributed by atoms with Crippen molar-refractivity contribution in [3.8, 4) is 0 Å². The maximum Gasteiger partial charge on any atom is 0.210 e. The Morgan fingerprint density at radius 1 is 1.15 bits per heavy atom. The summed E-state index contributed by atoms with van der Waals surface area (Å²) in [7, 11) is 0. The van der Waals surface area contributed by atoms with Crippen molar-refractivity contribution in [3.05, 3.63) is 41.2 Å². The maximum absolute atomic E-state index is 5.88. The van der Waals surface area contributed by atoms with Crippen LogP contribution in [0.15, 0.2) is 29.4 Å². The molecule has 0 amide bonds. The number of nitrogen functional groups attached to an aromatic ring is 1. The number of benzene rings is 1. The SMILES string of the molecule is Cc1nnc(S[C@H](C)c2ccc(C(C)(C)C)cc2)n1N. The third kappa shape index (κ3) is 3.15. The van der Waals surface area contributed by atoms with Crippen molar-refractivity contribution in [2.45, 2.75) is 50.4 Å². The van der Waals surface area contributed by atoms with Gasteiger partial charge in [-0.3, -0.25) is 0 Å². The van der Waals surface area contributed by atoms with Gasteiger partial charge in [0.2, 0.25) is 5.16 Å². The quantitative estimate of drug-likeness (QED) is 0.695. The molecule has 0 bridgehead atoms. The molecule has 0 spiro atoms. The van der Waals surface area contributed by atoms with Gasteiger partial charge in [-0.25, -0.2) is 4.68 Å². The van der Waals surface area contributed by atoms with Gasteiger partial charge < -0.3 is 5.84 Å². The summed E-state index contributed by atoms with van der Waals surface area (Å²) in [6.45, 7) is 10.7. The monoisotopic (exact) mass is 290 g/mol. The molecular weight excluding hydrogens is 268 g/mol. The van der Waals surface area contributed by atoms with Crippen molar-refractivity contribution in [1.29, 1.82) is 0 Å². The molecule has 1 heterocycles. The zero-order chi connectivity index (χ0) is 14.9. The van der Waals surface area contributed by atoms with E-state index in [1.165, 1.54) is 15.8 Å². The van der Waals surface area contributed by atoms with Gasteiger partial charge in [0.05, 0.1) is 0 Å². The van der Waals surface area contributed by atoms with Gasteiger partial charge >= 0.3 is 0 Å². The van der Waals surface area contributed by atoms with Crippen LogP contribution in [0, 0.1) is 6.92 Å². The van der Waals surface area contributed by atoms with E-state index in [1.807, 2.05) is 6.92 Å². The summed E-state index contributed by atoms with van der Waals surface area (Å²) in [5.41, 5.74) is 2.80. The van der Waals surface area contributed by atoms with Gasteiger partial charge in [-0.05, 0) is 30.4 Å². The van der Waals surface area contributed by atoms with Crippen LogP contribution in [-0.4, -0.2) is 14.9 Å². The number of aromatic nitrogens is 3. The number of rotatable bonds is 3. The molecule has 5 heteroatoms. The van der Waals surface area contributed by atoms with Crippen molar-refractivity contribution in [2.75, 3.05) is 5.84 Å². The van der Waals surface area contributed by atoms with Crippen LogP contribution in [0.2, 0.25) is 0 Å². The molecule has 0 saturated carbocycles. The van der Waals surface area contributed by atoms with Crippen LogP contribution in [0.1, 0.15) is 49.9 Å². The summed E-state index contributed by atoms with van der Waals surface area (Å²) in [6.07, 6.45) is 0. The van der Waals surface area contributed by atoms with Gasteiger partial charge in [0.25, 0.3) is 0 Å². The first kappa shape index (κ1) is 14.9. The zero-order valence-corrected chi connectivity index (χ0v) is 13.5. The lowest BCUT2D eigenvalue weighted by molar-refractivity contribution is 0.590. The Morgan fingerprint density at radius 3 is 2.20 bits per heavy atom. The van der Waals surface area contributed by atoms with Gasteiger partial charge in [-0.15, -0.1) is 10.2 Å². The number of nitrogens with zero attached hydrogens (tertiary/aromatic N) is 3. The fraction of sp³-hybridized carbons (Fsp3) is 0.467. The summed E-state index contributed by atoms with van der Waals surface area (Å²) in [4.78, 5) is 0. The fourth-order valence-corrected chi connectivity index (χ4v) is 2.85. The van der Waals surface area contributed by atoms with Crippen LogP contribution in [0.5, 0.6) is 0 Å². The number of thioether (sulfide) groups is 1. The lowest BCUT2D eigenvalue weighted by Crippen LogP contribution is -2.12. The van der Waals surface area contributed by atoms with Crippen LogP contribution in [0.25, 0.3) is 0 Å². The predicted octanol–water partition coefficient (Wildman–Crippen LogP) is 3.45. The number of hydrogen-bond donors (Lipinski definition) is 1. The molecule has 4 nitrogen and oxygen atoms in total. The van der Waals surface area contributed by atoms with Crippen molar-refractivity contribution in [3.63, 3.8) is 0 Å². The van der Waals surface area contributed by atoms with Crippen molar-refractivity contribution < 1.29 is 0 Å². The Bertz CT molecular complexity index is 581. The van der Waals surface area contributed by atoms with Crippen LogP contribution in [-0.2, 0) is 5.41 Å². The molecule has 2 aromatic rings. The summed E-state index contributed by atoms with van der Waals surface area (Å²) >= 11 is 1.62. The second kappa shape index (κ2) is 5.48. The number of hydrogen-bond acceptors (Lipinski definition) is 4. The van der Waals surface area contributed by atoms with Crippen molar-refractivity contribution in [1.82, 2.24) is 14.9 Å². The van der Waals surface area contributed by atoms with E-state index >= 15 is 0 Å². The van der Waals surface area contributed by atoms with E-state index in [9.17, 15) is 0 Å². The van der Waals surface area contributed by atoms with Crippen LogP contribution in [0.4, 0.5) is 0 Å². The Morgan fingerprint density at radius 2 is 1.75 bits per heavy atom. The van der Waals surface area contributed by atoms with Gasteiger partial charge in [0, 0.05) is 5.25 Å². The molecule has 108 valence electrons. The second-order valence-corrected chi connectivity index (χ2v) is 7.34. The Kier molecular flexibility index (Phi) is 4.09. The van der Waals surface area contributed by atoms with E-state index in [2.05, 4.69) is 62.2 Å². The van der Waals surface area contributed by atoms with Crippen molar-refractivity contribution in [2.24, 2.45) is 0 Å². The molecule has 0 radical (unpaired) electrons. The molecule has 0 aliphatic rings. The largest absolute Gasteiger partial charge is 0.336 e. The molecule has 1 atom stereocenters. The van der Waals surface area contributed by atoms with Crippen LogP contribution < -0.4 is 5.84 Å². The molecule has 2 rings (SSSR count). The molecule has 0 unspecified atom stereocenters. The highest BCUT2D eigenvalue weighted by Crippen LogP contribution is 2.34. The van der Waals surface area contributed by atoms with Gasteiger partial charge in [0.15, 0.2) is 0 Å². The van der Waals surface area contributed by atoms with Crippen molar-refractivity contribution >= 4 is 11.8 Å². The van der Waals surface area contributed by atoms with E-state index in [0.717, 1.165) is 11.0 Å². The summed E-state index contributed by atoms with van der Waals surface area (Å²) in [5.74, 6) is 6.61. The lowest BCUT2D eigenvalue weighted by atomic mass is 9.86. The fourth-order valence-electron chi connectivity index (χ4n) is 1.91. The average molecular weight is 290 g/mol. The first-order chi connectivity index (χ1) is 9.29. The zero-order valence-electron chi connectivity index (χ0n) is 12.7.